The SMILES string of the molecule is C.C.C.CC(OC(=O)CCCCCO)C(=O)OCc1ccccc1.CC1OC(=O)C(C)OC1=O.O=C1CCCCCO1.OCc1ccccc1. The molecule has 0 spiro atoms. The van der Waals surface area contributed by atoms with Gasteiger partial charge in [0.15, 0.2) is 18.3 Å². The number of carbonyl (C=O) groups excluding carboxylic acids is 5. The Kier molecular flexibility index (Phi) is 30.8. The quantitative estimate of drug-likeness (QED) is 0.161. The molecule has 0 aromatic heterocycles. The largest absolute Gasteiger partial charge is 0.466 e. The molecule has 2 saturated heterocycles. The Hall–Kier alpha value is -4.29. The highest BCUT2D eigenvalue weighted by molar-refractivity contribution is 5.86. The van der Waals surface area contributed by atoms with E-state index in [1.165, 1.54) is 20.8 Å². The first kappa shape index (κ1) is 50.1. The van der Waals surface area contributed by atoms with Gasteiger partial charge in [-0.05, 0) is 64.0 Å². The molecular weight excluding hydrogens is 648 g/mol. The molecule has 2 aromatic rings. The van der Waals surface area contributed by atoms with Crippen molar-refractivity contribution in [3.63, 3.8) is 0 Å². The van der Waals surface area contributed by atoms with Crippen LogP contribution in [-0.2, 0) is 60.9 Å². The molecule has 2 fully saturated rings. The number of unbranched alkanes of at least 4 members (excludes halogenated alkanes) is 2. The van der Waals surface area contributed by atoms with Crippen LogP contribution in [0.1, 0.15) is 106 Å². The highest BCUT2D eigenvalue weighted by atomic mass is 16.6. The van der Waals surface area contributed by atoms with Crippen LogP contribution in [0, 0.1) is 0 Å². The summed E-state index contributed by atoms with van der Waals surface area (Å²) in [5.74, 6) is -1.96. The minimum absolute atomic E-state index is 0. The van der Waals surface area contributed by atoms with Gasteiger partial charge in [-0.25, -0.2) is 14.4 Å². The van der Waals surface area contributed by atoms with Crippen molar-refractivity contribution >= 4 is 29.8 Å². The van der Waals surface area contributed by atoms with Crippen LogP contribution in [0.2, 0.25) is 0 Å². The number of carbonyl (C=O) groups is 5. The Morgan fingerprint density at radius 1 is 0.780 bits per heavy atom. The summed E-state index contributed by atoms with van der Waals surface area (Å²) in [7, 11) is 0. The molecule has 12 nitrogen and oxygen atoms in total. The van der Waals surface area contributed by atoms with E-state index in [4.69, 9.17) is 24.4 Å². The average molecular weight is 709 g/mol. The van der Waals surface area contributed by atoms with Gasteiger partial charge in [-0.15, -0.1) is 0 Å². The van der Waals surface area contributed by atoms with Crippen LogP contribution in [-0.4, -0.2) is 71.6 Å². The molecule has 0 saturated carbocycles. The summed E-state index contributed by atoms with van der Waals surface area (Å²) in [4.78, 5) is 55.0. The van der Waals surface area contributed by atoms with Crippen LogP contribution in [0.4, 0.5) is 0 Å². The summed E-state index contributed by atoms with van der Waals surface area (Å²) < 4.78 is 24.0. The number of cyclic esters (lactones) is 3. The number of aliphatic hydroxyl groups is 2. The molecule has 2 aliphatic rings. The van der Waals surface area contributed by atoms with Crippen LogP contribution in [0.3, 0.4) is 0 Å². The van der Waals surface area contributed by atoms with E-state index < -0.39 is 42.2 Å². The van der Waals surface area contributed by atoms with Gasteiger partial charge in [0.1, 0.15) is 6.61 Å². The Morgan fingerprint density at radius 2 is 1.32 bits per heavy atom. The lowest BCUT2D eigenvalue weighted by atomic mass is 10.2. The molecule has 2 N–H and O–H groups in total. The molecule has 0 bridgehead atoms. The fraction of sp³-hybridized carbons (Fsp3) is 0.553. The van der Waals surface area contributed by atoms with Gasteiger partial charge >= 0.3 is 29.8 Å². The highest BCUT2D eigenvalue weighted by Crippen LogP contribution is 2.09. The molecule has 2 aliphatic heterocycles. The van der Waals surface area contributed by atoms with Gasteiger partial charge in [0.25, 0.3) is 0 Å². The zero-order valence-corrected chi connectivity index (χ0v) is 27.5. The molecule has 3 atom stereocenters. The Morgan fingerprint density at radius 3 is 1.82 bits per heavy atom. The zero-order valence-electron chi connectivity index (χ0n) is 27.5. The van der Waals surface area contributed by atoms with E-state index in [-0.39, 0.29) is 54.5 Å². The smallest absolute Gasteiger partial charge is 0.347 e. The maximum Gasteiger partial charge on any atom is 0.347 e. The molecule has 3 unspecified atom stereocenters. The summed E-state index contributed by atoms with van der Waals surface area (Å²) in [6.45, 7) is 5.52. The van der Waals surface area contributed by atoms with Crippen LogP contribution in [0.25, 0.3) is 0 Å². The predicted molar refractivity (Wildman–Crippen MR) is 190 cm³/mol. The third kappa shape index (κ3) is 23.9. The van der Waals surface area contributed by atoms with Crippen LogP contribution in [0.5, 0.6) is 0 Å². The molecule has 0 amide bonds. The lowest BCUT2D eigenvalue weighted by Crippen LogP contribution is -2.40. The second-order valence-electron chi connectivity index (χ2n) is 10.6. The number of benzene rings is 2. The number of ether oxygens (including phenoxy) is 5. The number of rotatable bonds is 10. The van der Waals surface area contributed by atoms with Gasteiger partial charge in [0, 0.05) is 19.4 Å². The molecule has 4 rings (SSSR count). The maximum atomic E-state index is 11.7. The molecule has 284 valence electrons. The Balaban J connectivity index is -0.000000637. The summed E-state index contributed by atoms with van der Waals surface area (Å²) in [5.41, 5.74) is 1.85. The summed E-state index contributed by atoms with van der Waals surface area (Å²) in [5, 5.41) is 17.2. The number of hydrogen-bond acceptors (Lipinski definition) is 12. The highest BCUT2D eigenvalue weighted by Gasteiger charge is 2.32. The fourth-order valence-corrected chi connectivity index (χ4v) is 3.73. The Labute approximate surface area is 298 Å². The van der Waals surface area contributed by atoms with E-state index in [0.717, 1.165) is 36.8 Å². The van der Waals surface area contributed by atoms with E-state index in [1.807, 2.05) is 60.7 Å². The van der Waals surface area contributed by atoms with Gasteiger partial charge in [0.05, 0.1) is 13.2 Å². The molecule has 12 heteroatoms. The summed E-state index contributed by atoms with van der Waals surface area (Å²) in [6.07, 6.45) is 3.75. The van der Waals surface area contributed by atoms with Crippen LogP contribution >= 0.6 is 0 Å². The molecule has 2 heterocycles. The third-order valence-electron chi connectivity index (χ3n) is 6.47. The van der Waals surface area contributed by atoms with Crippen molar-refractivity contribution in [3.8, 4) is 0 Å². The van der Waals surface area contributed by atoms with Crippen molar-refractivity contribution in [2.45, 2.75) is 126 Å². The normalized spacial score (nSPS) is 16.5. The third-order valence-corrected chi connectivity index (χ3v) is 6.47. The van der Waals surface area contributed by atoms with Gasteiger partial charge in [0.2, 0.25) is 0 Å². The molecule has 50 heavy (non-hydrogen) atoms. The van der Waals surface area contributed by atoms with Gasteiger partial charge in [-0.1, -0.05) is 89.4 Å². The number of esters is 5. The van der Waals surface area contributed by atoms with Crippen molar-refractivity contribution < 1.29 is 57.9 Å². The lowest BCUT2D eigenvalue weighted by Gasteiger charge is -2.22. The first-order valence-corrected chi connectivity index (χ1v) is 15.8. The molecule has 0 aliphatic carbocycles. The van der Waals surface area contributed by atoms with Crippen LogP contribution in [0.15, 0.2) is 60.7 Å². The number of hydrogen-bond donors (Lipinski definition) is 2. The van der Waals surface area contributed by atoms with Gasteiger partial charge < -0.3 is 33.9 Å². The first-order chi connectivity index (χ1) is 22.6. The first-order valence-electron chi connectivity index (χ1n) is 15.8. The van der Waals surface area contributed by atoms with Crippen molar-refractivity contribution in [1.82, 2.24) is 0 Å². The van der Waals surface area contributed by atoms with E-state index in [0.29, 0.717) is 25.9 Å². The predicted octanol–water partition coefficient (Wildman–Crippen LogP) is 6.27. The second-order valence-corrected chi connectivity index (χ2v) is 10.6. The topological polar surface area (TPSA) is 172 Å². The average Bonchev–Trinajstić information content (AvgIpc) is 3.33. The zero-order chi connectivity index (χ0) is 34.9. The van der Waals surface area contributed by atoms with E-state index in [2.05, 4.69) is 9.47 Å². The van der Waals surface area contributed by atoms with Crippen molar-refractivity contribution in [2.75, 3.05) is 13.2 Å². The maximum absolute atomic E-state index is 11.7. The van der Waals surface area contributed by atoms with Crippen molar-refractivity contribution in [3.05, 3.63) is 71.8 Å². The molecular formula is C38H60O12. The van der Waals surface area contributed by atoms with Crippen molar-refractivity contribution in [1.29, 1.82) is 0 Å². The summed E-state index contributed by atoms with van der Waals surface area (Å²) >= 11 is 0. The Bertz CT molecular complexity index is 1160. The van der Waals surface area contributed by atoms with E-state index in [9.17, 15) is 24.0 Å². The summed E-state index contributed by atoms with van der Waals surface area (Å²) in [6, 6.07) is 18.8. The standard InChI is InChI=1S/C16H22O5.C7H8O.C6H8O4.C6H10O2.3CH4/c1-13(21-15(18)10-6-3-7-11-17)16(19)20-12-14-8-4-2-5-9-14;8-6-7-4-2-1-3-5-7;1-3-5(7)10-4(2)6(8)9-3;7-6-4-2-1-3-5-8-6;;;/h2,4-5,8-9,13,17H,3,6-7,10-12H2,1H3;1-5,8H,6H2;3-4H,1-2H3;1-5H2;3*1H4. The molecule has 2 aromatic carbocycles. The van der Waals surface area contributed by atoms with Gasteiger partial charge in [-0.3, -0.25) is 9.59 Å². The van der Waals surface area contributed by atoms with Crippen molar-refractivity contribution in [2.24, 2.45) is 0 Å². The number of aliphatic hydroxyl groups excluding tert-OH is 2. The molecule has 0 radical (unpaired) electrons. The second kappa shape index (κ2) is 30.7. The fourth-order valence-electron chi connectivity index (χ4n) is 3.73. The van der Waals surface area contributed by atoms with Crippen LogP contribution < -0.4 is 0 Å². The van der Waals surface area contributed by atoms with Gasteiger partial charge in [-0.2, -0.15) is 0 Å². The minimum Gasteiger partial charge on any atom is -0.466 e. The van der Waals surface area contributed by atoms with E-state index >= 15 is 0 Å². The minimum atomic E-state index is -0.904. The lowest BCUT2D eigenvalue weighted by molar-refractivity contribution is -0.191. The van der Waals surface area contributed by atoms with E-state index in [1.54, 1.807) is 0 Å². The monoisotopic (exact) mass is 708 g/mol.